The van der Waals surface area contributed by atoms with Crippen molar-refractivity contribution >= 4 is 12.0 Å². The summed E-state index contributed by atoms with van der Waals surface area (Å²) in [6, 6.07) is 6.70. The number of aryl methyl sites for hydroxylation is 3. The summed E-state index contributed by atoms with van der Waals surface area (Å²) in [5.74, 6) is -0.0497. The van der Waals surface area contributed by atoms with Crippen molar-refractivity contribution in [2.45, 2.75) is 27.3 Å². The van der Waals surface area contributed by atoms with Crippen molar-refractivity contribution in [2.24, 2.45) is 0 Å². The van der Waals surface area contributed by atoms with Gasteiger partial charge in [0.15, 0.2) is 0 Å². The molecule has 114 valence electrons. The number of benzene rings is 1. The first kappa shape index (κ1) is 15.7. The third kappa shape index (κ3) is 4.15. The fourth-order valence-corrected chi connectivity index (χ4v) is 1.96. The molecule has 1 amide bonds. The number of hydrogen-bond acceptors (Lipinski definition) is 4. The van der Waals surface area contributed by atoms with E-state index >= 15 is 0 Å². The summed E-state index contributed by atoms with van der Waals surface area (Å²) < 4.78 is 0. The van der Waals surface area contributed by atoms with Crippen LogP contribution in [0.2, 0.25) is 0 Å². The molecule has 2 N–H and O–H groups in total. The highest BCUT2D eigenvalue weighted by molar-refractivity contribution is 5.91. The van der Waals surface area contributed by atoms with Crippen LogP contribution in [0, 0.1) is 20.8 Å². The van der Waals surface area contributed by atoms with Crippen molar-refractivity contribution in [3.05, 3.63) is 58.7 Å². The fourth-order valence-electron chi connectivity index (χ4n) is 1.96. The van der Waals surface area contributed by atoms with Crippen LogP contribution in [-0.2, 0) is 11.3 Å². The number of amides is 1. The second-order valence-corrected chi connectivity index (χ2v) is 5.07. The zero-order chi connectivity index (χ0) is 16.1. The molecule has 1 aromatic heterocycles. The first-order chi connectivity index (χ1) is 10.5. The molecule has 0 atom stereocenters. The summed E-state index contributed by atoms with van der Waals surface area (Å²) in [6.07, 6.45) is 3.08. The smallest absolute Gasteiger partial charge is 0.244 e. The molecule has 5 nitrogen and oxygen atoms in total. The molecule has 0 aliphatic rings. The first-order valence-electron chi connectivity index (χ1n) is 7.01. The number of nitrogens with one attached hydrogen (secondary N) is 1. The number of phenols is 1. The molecule has 0 bridgehead atoms. The van der Waals surface area contributed by atoms with E-state index in [1.54, 1.807) is 24.3 Å². The second-order valence-electron chi connectivity index (χ2n) is 5.07. The quantitative estimate of drug-likeness (QED) is 0.850. The molecule has 5 heteroatoms. The van der Waals surface area contributed by atoms with Crippen LogP contribution in [-0.4, -0.2) is 21.0 Å². The molecule has 22 heavy (non-hydrogen) atoms. The monoisotopic (exact) mass is 297 g/mol. The average Bonchev–Trinajstić information content (AvgIpc) is 2.47. The van der Waals surface area contributed by atoms with Crippen LogP contribution in [0.25, 0.3) is 6.08 Å². The number of aromatic nitrogens is 2. The van der Waals surface area contributed by atoms with Crippen molar-refractivity contribution in [1.82, 2.24) is 15.3 Å². The Hall–Kier alpha value is -2.69. The van der Waals surface area contributed by atoms with Gasteiger partial charge in [-0.3, -0.25) is 14.8 Å². The largest absolute Gasteiger partial charge is 0.508 e. The Balaban J connectivity index is 1.97. The van der Waals surface area contributed by atoms with Crippen LogP contribution in [0.3, 0.4) is 0 Å². The number of carbonyl (C=O) groups excluding carboxylic acids is 1. The maximum Gasteiger partial charge on any atom is 0.244 e. The molecule has 2 rings (SSSR count). The van der Waals surface area contributed by atoms with Gasteiger partial charge in [-0.05, 0) is 44.5 Å². The van der Waals surface area contributed by atoms with E-state index in [9.17, 15) is 9.90 Å². The van der Waals surface area contributed by atoms with Crippen molar-refractivity contribution in [3.8, 4) is 5.75 Å². The number of nitrogens with zero attached hydrogens (tertiary/aromatic N) is 2. The molecular weight excluding hydrogens is 278 g/mol. The number of aromatic hydroxyl groups is 1. The summed E-state index contributed by atoms with van der Waals surface area (Å²) in [7, 11) is 0. The third-order valence-corrected chi connectivity index (χ3v) is 3.31. The topological polar surface area (TPSA) is 75.1 Å². The standard InChI is InChI=1S/C17H19N3O2/c1-11-12(2)20-16(13(3)19-11)10-18-17(22)8-7-14-5-4-6-15(21)9-14/h4-9,21H,10H2,1-3H3,(H,18,22)/b8-7+. The Bertz CT molecular complexity index is 724. The van der Waals surface area contributed by atoms with Gasteiger partial charge in [0.05, 0.1) is 29.3 Å². The van der Waals surface area contributed by atoms with Crippen molar-refractivity contribution < 1.29 is 9.90 Å². The van der Waals surface area contributed by atoms with Crippen molar-refractivity contribution in [2.75, 3.05) is 0 Å². The lowest BCUT2D eigenvalue weighted by Gasteiger charge is -2.08. The van der Waals surface area contributed by atoms with Crippen LogP contribution in [0.1, 0.15) is 28.3 Å². The zero-order valence-electron chi connectivity index (χ0n) is 12.9. The SMILES string of the molecule is Cc1nc(C)c(CNC(=O)/C=C/c2cccc(O)c2)nc1C. The minimum absolute atomic E-state index is 0.170. The molecule has 0 unspecified atom stereocenters. The Morgan fingerprint density at radius 3 is 2.64 bits per heavy atom. The Morgan fingerprint density at radius 1 is 1.18 bits per heavy atom. The van der Waals surface area contributed by atoms with E-state index in [0.717, 1.165) is 28.3 Å². The van der Waals surface area contributed by atoms with Gasteiger partial charge in [0, 0.05) is 6.08 Å². The lowest BCUT2D eigenvalue weighted by molar-refractivity contribution is -0.116. The molecule has 0 fully saturated rings. The number of hydrogen-bond donors (Lipinski definition) is 2. The summed E-state index contributed by atoms with van der Waals surface area (Å²) in [6.45, 7) is 6.03. The van der Waals surface area contributed by atoms with Gasteiger partial charge < -0.3 is 10.4 Å². The lowest BCUT2D eigenvalue weighted by atomic mass is 10.2. The first-order valence-corrected chi connectivity index (χ1v) is 7.01. The van der Waals surface area contributed by atoms with Crippen LogP contribution in [0.4, 0.5) is 0 Å². The van der Waals surface area contributed by atoms with E-state index in [4.69, 9.17) is 0 Å². The van der Waals surface area contributed by atoms with Crippen molar-refractivity contribution in [1.29, 1.82) is 0 Å². The maximum atomic E-state index is 11.8. The molecule has 1 heterocycles. The molecule has 2 aromatic rings. The van der Waals surface area contributed by atoms with E-state index in [0.29, 0.717) is 6.54 Å². The van der Waals surface area contributed by atoms with E-state index in [-0.39, 0.29) is 11.7 Å². The van der Waals surface area contributed by atoms with Gasteiger partial charge in [-0.2, -0.15) is 0 Å². The highest BCUT2D eigenvalue weighted by atomic mass is 16.3. The summed E-state index contributed by atoms with van der Waals surface area (Å²) in [5, 5.41) is 12.1. The molecule has 1 aromatic carbocycles. The Morgan fingerprint density at radius 2 is 1.91 bits per heavy atom. The molecule has 0 radical (unpaired) electrons. The van der Waals surface area contributed by atoms with Gasteiger partial charge in [0.2, 0.25) is 5.91 Å². The maximum absolute atomic E-state index is 11.8. The fraction of sp³-hybridized carbons (Fsp3) is 0.235. The second kappa shape index (κ2) is 6.85. The lowest BCUT2D eigenvalue weighted by Crippen LogP contribution is -2.22. The minimum atomic E-state index is -0.220. The van der Waals surface area contributed by atoms with Gasteiger partial charge in [-0.25, -0.2) is 0 Å². The summed E-state index contributed by atoms with van der Waals surface area (Å²) >= 11 is 0. The van der Waals surface area contributed by atoms with Gasteiger partial charge in [0.1, 0.15) is 5.75 Å². The Labute approximate surface area is 129 Å². The molecule has 0 aliphatic carbocycles. The van der Waals surface area contributed by atoms with Gasteiger partial charge in [-0.1, -0.05) is 12.1 Å². The van der Waals surface area contributed by atoms with Crippen molar-refractivity contribution in [3.63, 3.8) is 0 Å². The molecule has 0 spiro atoms. The van der Waals surface area contributed by atoms with E-state index in [1.807, 2.05) is 26.8 Å². The summed E-state index contributed by atoms with van der Waals surface area (Å²) in [5.41, 5.74) is 4.11. The third-order valence-electron chi connectivity index (χ3n) is 3.31. The Kier molecular flexibility index (Phi) is 4.88. The van der Waals surface area contributed by atoms with Gasteiger partial charge in [0.25, 0.3) is 0 Å². The van der Waals surface area contributed by atoms with Gasteiger partial charge >= 0.3 is 0 Å². The number of carbonyl (C=O) groups is 1. The van der Waals surface area contributed by atoms with Gasteiger partial charge in [-0.15, -0.1) is 0 Å². The predicted molar refractivity (Wildman–Crippen MR) is 85.2 cm³/mol. The van der Waals surface area contributed by atoms with Crippen LogP contribution in [0.15, 0.2) is 30.3 Å². The van der Waals surface area contributed by atoms with E-state index in [1.165, 1.54) is 6.08 Å². The highest BCUT2D eigenvalue weighted by Crippen LogP contribution is 2.12. The average molecular weight is 297 g/mol. The highest BCUT2D eigenvalue weighted by Gasteiger charge is 2.06. The predicted octanol–water partition coefficient (Wildman–Crippen LogP) is 2.44. The van der Waals surface area contributed by atoms with Crippen LogP contribution in [0.5, 0.6) is 5.75 Å². The van der Waals surface area contributed by atoms with E-state index < -0.39 is 0 Å². The zero-order valence-corrected chi connectivity index (χ0v) is 12.9. The number of phenolic OH excluding ortho intramolecular Hbond substituents is 1. The van der Waals surface area contributed by atoms with E-state index in [2.05, 4.69) is 15.3 Å². The molecular formula is C17H19N3O2. The molecule has 0 saturated carbocycles. The van der Waals surface area contributed by atoms with Crippen LogP contribution < -0.4 is 5.32 Å². The summed E-state index contributed by atoms with van der Waals surface area (Å²) in [4.78, 5) is 20.7. The normalized spacial score (nSPS) is 10.9. The minimum Gasteiger partial charge on any atom is -0.508 e. The van der Waals surface area contributed by atoms with Crippen LogP contribution >= 0.6 is 0 Å². The molecule has 0 aliphatic heterocycles. The molecule has 0 saturated heterocycles. The number of rotatable bonds is 4.